The predicted molar refractivity (Wildman–Crippen MR) is 89.8 cm³/mol. The number of benzene rings is 1. The molecule has 0 heterocycles. The van der Waals surface area contributed by atoms with Crippen molar-refractivity contribution in [3.8, 4) is 0 Å². The van der Waals surface area contributed by atoms with Gasteiger partial charge in [0.05, 0.1) is 0 Å². The molecule has 6 heteroatoms. The van der Waals surface area contributed by atoms with Gasteiger partial charge >= 0.3 is 5.97 Å². The van der Waals surface area contributed by atoms with Gasteiger partial charge < -0.3 is 10.0 Å². The standard InChI is InChI=1S/C17H23NO4S/c1-18(17(16(20)21)9-4-3-5-10-17)15(19)14-8-6-7-13(11-14)12-23(2)22/h6-8,11H,3-5,9-10,12H2,1-2H3,(H,20,21). The zero-order chi connectivity index (χ0) is 17.0. The number of carbonyl (C=O) groups excluding carboxylic acids is 1. The van der Waals surface area contributed by atoms with Crippen LogP contribution >= 0.6 is 0 Å². The summed E-state index contributed by atoms with van der Waals surface area (Å²) in [7, 11) is 0.588. The highest BCUT2D eigenvalue weighted by Crippen LogP contribution is 2.34. The Morgan fingerprint density at radius 2 is 1.91 bits per heavy atom. The van der Waals surface area contributed by atoms with Crippen molar-refractivity contribution in [3.05, 3.63) is 35.4 Å². The van der Waals surface area contributed by atoms with E-state index in [1.807, 2.05) is 6.07 Å². The lowest BCUT2D eigenvalue weighted by molar-refractivity contribution is -0.151. The van der Waals surface area contributed by atoms with E-state index < -0.39 is 22.3 Å². The Bertz CT molecular complexity index is 623. The first-order valence-electron chi connectivity index (χ1n) is 7.77. The van der Waals surface area contributed by atoms with E-state index in [2.05, 4.69) is 0 Å². The van der Waals surface area contributed by atoms with E-state index in [4.69, 9.17) is 0 Å². The molecule has 126 valence electrons. The van der Waals surface area contributed by atoms with E-state index in [1.165, 1.54) is 4.90 Å². The molecule has 0 radical (unpaired) electrons. The molecule has 0 aliphatic heterocycles. The van der Waals surface area contributed by atoms with Crippen molar-refractivity contribution >= 4 is 22.7 Å². The largest absolute Gasteiger partial charge is 0.479 e. The van der Waals surface area contributed by atoms with Crippen molar-refractivity contribution in [2.24, 2.45) is 0 Å². The molecule has 1 N–H and O–H groups in total. The van der Waals surface area contributed by atoms with E-state index in [1.54, 1.807) is 31.5 Å². The van der Waals surface area contributed by atoms with Gasteiger partial charge in [0, 0.05) is 35.4 Å². The van der Waals surface area contributed by atoms with Crippen LogP contribution in [0.5, 0.6) is 0 Å². The van der Waals surface area contributed by atoms with Gasteiger partial charge in [0.2, 0.25) is 0 Å². The summed E-state index contributed by atoms with van der Waals surface area (Å²) in [6.07, 6.45) is 5.24. The maximum Gasteiger partial charge on any atom is 0.329 e. The quantitative estimate of drug-likeness (QED) is 0.895. The number of rotatable bonds is 5. The number of carboxylic acids is 1. The third-order valence-electron chi connectivity index (χ3n) is 4.57. The Labute approximate surface area is 139 Å². The summed E-state index contributed by atoms with van der Waals surface area (Å²) in [5, 5.41) is 9.69. The van der Waals surface area contributed by atoms with Crippen molar-refractivity contribution in [1.82, 2.24) is 4.90 Å². The van der Waals surface area contributed by atoms with Gasteiger partial charge in [0.15, 0.2) is 0 Å². The molecule has 1 amide bonds. The van der Waals surface area contributed by atoms with Gasteiger partial charge in [0.1, 0.15) is 5.54 Å². The second-order valence-corrected chi connectivity index (χ2v) is 7.61. The number of carboxylic acid groups (broad SMARTS) is 1. The lowest BCUT2D eigenvalue weighted by Gasteiger charge is -2.41. The highest BCUT2D eigenvalue weighted by atomic mass is 32.2. The average molecular weight is 337 g/mol. The number of aliphatic carboxylic acids is 1. The zero-order valence-corrected chi connectivity index (χ0v) is 14.4. The fraction of sp³-hybridized carbons (Fsp3) is 0.529. The maximum atomic E-state index is 12.8. The molecule has 1 fully saturated rings. The molecule has 0 saturated heterocycles. The van der Waals surface area contributed by atoms with Crippen molar-refractivity contribution in [2.45, 2.75) is 43.4 Å². The third-order valence-corrected chi connectivity index (χ3v) is 5.31. The molecule has 1 atom stereocenters. The zero-order valence-electron chi connectivity index (χ0n) is 13.6. The molecule has 0 bridgehead atoms. The van der Waals surface area contributed by atoms with Crippen molar-refractivity contribution in [3.63, 3.8) is 0 Å². The predicted octanol–water partition coefficient (Wildman–Crippen LogP) is 2.42. The van der Waals surface area contributed by atoms with Crippen molar-refractivity contribution in [1.29, 1.82) is 0 Å². The number of hydrogen-bond acceptors (Lipinski definition) is 3. The van der Waals surface area contributed by atoms with Crippen LogP contribution in [0.3, 0.4) is 0 Å². The summed E-state index contributed by atoms with van der Waals surface area (Å²) in [5.41, 5.74) is 0.151. The van der Waals surface area contributed by atoms with Crippen molar-refractivity contribution in [2.75, 3.05) is 13.3 Å². The molecule has 1 unspecified atom stereocenters. The van der Waals surface area contributed by atoms with Crippen LogP contribution in [0.15, 0.2) is 24.3 Å². The molecule has 1 saturated carbocycles. The van der Waals surface area contributed by atoms with E-state index in [-0.39, 0.29) is 5.91 Å². The van der Waals surface area contributed by atoms with Crippen molar-refractivity contribution < 1.29 is 18.9 Å². The van der Waals surface area contributed by atoms with E-state index in [0.717, 1.165) is 24.8 Å². The van der Waals surface area contributed by atoms with Gasteiger partial charge in [-0.05, 0) is 30.5 Å². The summed E-state index contributed by atoms with van der Waals surface area (Å²) in [6, 6.07) is 6.96. The highest BCUT2D eigenvalue weighted by Gasteiger charge is 2.45. The second-order valence-electron chi connectivity index (χ2n) is 6.18. The molecule has 0 spiro atoms. The van der Waals surface area contributed by atoms with Gasteiger partial charge in [-0.15, -0.1) is 0 Å². The molecular formula is C17H23NO4S. The Hall–Kier alpha value is -1.69. The van der Waals surface area contributed by atoms with Gasteiger partial charge in [-0.1, -0.05) is 31.4 Å². The third kappa shape index (κ3) is 3.80. The van der Waals surface area contributed by atoms with Crippen LogP contribution in [0.4, 0.5) is 0 Å². The summed E-state index contributed by atoms with van der Waals surface area (Å²) < 4.78 is 11.4. The Kier molecular flexibility index (Phi) is 5.57. The van der Waals surface area contributed by atoms with Crippen LogP contribution in [-0.4, -0.2) is 44.9 Å². The summed E-state index contributed by atoms with van der Waals surface area (Å²) in [5.74, 6) is -0.841. The monoisotopic (exact) mass is 337 g/mol. The molecule has 1 aliphatic carbocycles. The van der Waals surface area contributed by atoms with E-state index in [9.17, 15) is 18.9 Å². The first-order chi connectivity index (χ1) is 10.9. The van der Waals surface area contributed by atoms with Crippen LogP contribution in [0.2, 0.25) is 0 Å². The number of likely N-dealkylation sites (N-methyl/N-ethyl adjacent to an activating group) is 1. The lowest BCUT2D eigenvalue weighted by Crippen LogP contribution is -2.56. The Balaban J connectivity index is 2.27. The Morgan fingerprint density at radius 3 is 2.48 bits per heavy atom. The molecule has 1 aliphatic rings. The van der Waals surface area contributed by atoms with Crippen LogP contribution in [0.1, 0.15) is 48.0 Å². The first kappa shape index (κ1) is 17.7. The molecule has 23 heavy (non-hydrogen) atoms. The number of nitrogens with zero attached hydrogens (tertiary/aromatic N) is 1. The minimum atomic E-state index is -1.11. The molecule has 2 rings (SSSR count). The molecule has 0 aromatic heterocycles. The normalized spacial score (nSPS) is 18.2. The highest BCUT2D eigenvalue weighted by molar-refractivity contribution is 7.83. The van der Waals surface area contributed by atoms with Crippen LogP contribution in [-0.2, 0) is 21.3 Å². The topological polar surface area (TPSA) is 74.7 Å². The summed E-state index contributed by atoms with van der Waals surface area (Å²) in [6.45, 7) is 0. The van der Waals surface area contributed by atoms with Gasteiger partial charge in [0.25, 0.3) is 5.91 Å². The second kappa shape index (κ2) is 7.25. The lowest BCUT2D eigenvalue weighted by atomic mass is 9.80. The van der Waals surface area contributed by atoms with Crippen LogP contribution in [0, 0.1) is 0 Å². The fourth-order valence-corrected chi connectivity index (χ4v) is 3.90. The molecule has 5 nitrogen and oxygen atoms in total. The van der Waals surface area contributed by atoms with Gasteiger partial charge in [-0.3, -0.25) is 9.00 Å². The van der Waals surface area contributed by atoms with Crippen LogP contribution < -0.4 is 0 Å². The fourth-order valence-electron chi connectivity index (χ4n) is 3.25. The Morgan fingerprint density at radius 1 is 1.26 bits per heavy atom. The molecule has 1 aromatic carbocycles. The van der Waals surface area contributed by atoms with Crippen LogP contribution in [0.25, 0.3) is 0 Å². The number of carbonyl (C=O) groups is 2. The average Bonchev–Trinajstić information content (AvgIpc) is 2.53. The minimum absolute atomic E-state index is 0.293. The molecule has 1 aromatic rings. The smallest absolute Gasteiger partial charge is 0.329 e. The SMILES string of the molecule is CN(C(=O)c1cccc(CS(C)=O)c1)C1(C(=O)O)CCCCC1. The minimum Gasteiger partial charge on any atom is -0.479 e. The summed E-state index contributed by atoms with van der Waals surface area (Å²) in [4.78, 5) is 26.0. The van der Waals surface area contributed by atoms with Gasteiger partial charge in [-0.25, -0.2) is 4.79 Å². The number of amides is 1. The summed E-state index contributed by atoms with van der Waals surface area (Å²) >= 11 is 0. The van der Waals surface area contributed by atoms with E-state index in [0.29, 0.717) is 24.2 Å². The molecular weight excluding hydrogens is 314 g/mol. The first-order valence-corrected chi connectivity index (χ1v) is 9.50. The number of hydrogen-bond donors (Lipinski definition) is 1. The van der Waals surface area contributed by atoms with Gasteiger partial charge in [-0.2, -0.15) is 0 Å². The van der Waals surface area contributed by atoms with E-state index >= 15 is 0 Å². The maximum absolute atomic E-state index is 12.8.